The molecule has 4 atom stereocenters. The van der Waals surface area contributed by atoms with Crippen LogP contribution in [-0.2, 0) is 14.3 Å². The molecule has 0 bridgehead atoms. The maximum absolute atomic E-state index is 12.7. The normalized spacial score (nSPS) is 37.4. The first-order valence-electron chi connectivity index (χ1n) is 7.37. The Hall–Kier alpha value is -0.410. The van der Waals surface area contributed by atoms with Gasteiger partial charge in [0.25, 0.3) is 0 Å². The molecule has 0 heterocycles. The minimum Gasteiger partial charge on any atom is -0.381 e. The second-order valence-corrected chi connectivity index (χ2v) is 5.73. The fraction of sp³-hybridized carbons (Fsp3) is 0.933. The Morgan fingerprint density at radius 3 is 1.56 bits per heavy atom. The van der Waals surface area contributed by atoms with Crippen molar-refractivity contribution < 1.29 is 14.3 Å². The molecular weight excluding hydrogens is 228 g/mol. The van der Waals surface area contributed by atoms with E-state index in [9.17, 15) is 4.79 Å². The highest BCUT2D eigenvalue weighted by atomic mass is 16.5. The van der Waals surface area contributed by atoms with E-state index < -0.39 is 0 Å². The molecular formula is C15H26O3. The smallest absolute Gasteiger partial charge is 0.144 e. The number of carbonyl (C=O) groups is 1. The van der Waals surface area contributed by atoms with Gasteiger partial charge in [-0.3, -0.25) is 4.79 Å². The molecule has 104 valence electrons. The van der Waals surface area contributed by atoms with Gasteiger partial charge in [-0.05, 0) is 25.7 Å². The summed E-state index contributed by atoms with van der Waals surface area (Å²) in [7, 11) is 3.48. The van der Waals surface area contributed by atoms with Crippen molar-refractivity contribution in [3.8, 4) is 0 Å². The highest BCUT2D eigenvalue weighted by Crippen LogP contribution is 2.35. The Bertz CT molecular complexity index is 251. The molecule has 2 saturated carbocycles. The summed E-state index contributed by atoms with van der Waals surface area (Å²) in [4.78, 5) is 12.7. The van der Waals surface area contributed by atoms with E-state index in [1.807, 2.05) is 0 Å². The van der Waals surface area contributed by atoms with Crippen LogP contribution in [0.15, 0.2) is 0 Å². The van der Waals surface area contributed by atoms with Gasteiger partial charge in [0.15, 0.2) is 0 Å². The van der Waals surface area contributed by atoms with E-state index in [1.165, 1.54) is 25.7 Å². The molecule has 0 N–H and O–H groups in total. The second-order valence-electron chi connectivity index (χ2n) is 5.73. The molecule has 2 aliphatic rings. The summed E-state index contributed by atoms with van der Waals surface area (Å²) >= 11 is 0. The fourth-order valence-corrected chi connectivity index (χ4v) is 3.68. The number of Topliss-reactive ketones (excluding diaryl/α,β-unsaturated/α-hetero) is 1. The van der Waals surface area contributed by atoms with Crippen LogP contribution >= 0.6 is 0 Å². The van der Waals surface area contributed by atoms with Crippen LogP contribution in [0.1, 0.15) is 51.4 Å². The summed E-state index contributed by atoms with van der Waals surface area (Å²) in [6.45, 7) is 0. The molecule has 0 saturated heterocycles. The lowest BCUT2D eigenvalue weighted by Crippen LogP contribution is -2.42. The summed E-state index contributed by atoms with van der Waals surface area (Å²) in [6.07, 6.45) is 9.10. The van der Waals surface area contributed by atoms with E-state index in [4.69, 9.17) is 9.47 Å². The van der Waals surface area contributed by atoms with Gasteiger partial charge >= 0.3 is 0 Å². The first kappa shape index (κ1) is 14.0. The number of hydrogen-bond acceptors (Lipinski definition) is 3. The lowest BCUT2D eigenvalue weighted by atomic mass is 9.74. The van der Waals surface area contributed by atoms with Gasteiger partial charge in [0, 0.05) is 26.1 Å². The summed E-state index contributed by atoms with van der Waals surface area (Å²) in [5.74, 6) is 0.641. The number of methoxy groups -OCH3 is 2. The topological polar surface area (TPSA) is 35.5 Å². The molecule has 0 spiro atoms. The zero-order chi connectivity index (χ0) is 13.0. The molecule has 0 aromatic rings. The van der Waals surface area contributed by atoms with Gasteiger partial charge in [0.2, 0.25) is 0 Å². The monoisotopic (exact) mass is 254 g/mol. The summed E-state index contributed by atoms with van der Waals surface area (Å²) in [6, 6.07) is 0. The van der Waals surface area contributed by atoms with Crippen LogP contribution in [0.4, 0.5) is 0 Å². The van der Waals surface area contributed by atoms with Crippen LogP contribution in [-0.4, -0.2) is 32.2 Å². The Morgan fingerprint density at radius 2 is 1.17 bits per heavy atom. The van der Waals surface area contributed by atoms with Gasteiger partial charge in [0.1, 0.15) is 5.78 Å². The lowest BCUT2D eigenvalue weighted by molar-refractivity contribution is -0.139. The summed E-state index contributed by atoms with van der Waals surface area (Å²) in [5, 5.41) is 0. The first-order chi connectivity index (χ1) is 8.77. The standard InChI is InChI=1S/C15H26O3/c1-17-13-9-5-3-7-11(13)15(16)12-8-4-6-10-14(12)18-2/h11-14H,3-10H2,1-2H3. The summed E-state index contributed by atoms with van der Waals surface area (Å²) < 4.78 is 11.0. The molecule has 0 aromatic carbocycles. The molecule has 0 amide bonds. The molecule has 0 aromatic heterocycles. The van der Waals surface area contributed by atoms with Crippen LogP contribution in [0, 0.1) is 11.8 Å². The molecule has 2 aliphatic carbocycles. The van der Waals surface area contributed by atoms with Crippen molar-refractivity contribution in [2.24, 2.45) is 11.8 Å². The Morgan fingerprint density at radius 1 is 0.778 bits per heavy atom. The van der Waals surface area contributed by atoms with E-state index in [0.29, 0.717) is 5.78 Å². The molecule has 4 unspecified atom stereocenters. The quantitative estimate of drug-likeness (QED) is 0.773. The van der Waals surface area contributed by atoms with Crippen molar-refractivity contribution in [1.29, 1.82) is 0 Å². The highest BCUT2D eigenvalue weighted by Gasteiger charge is 2.39. The zero-order valence-electron chi connectivity index (χ0n) is 11.7. The highest BCUT2D eigenvalue weighted by molar-refractivity contribution is 5.84. The Kier molecular flexibility index (Phi) is 5.19. The molecule has 2 fully saturated rings. The van der Waals surface area contributed by atoms with Crippen molar-refractivity contribution >= 4 is 5.78 Å². The van der Waals surface area contributed by atoms with Gasteiger partial charge < -0.3 is 9.47 Å². The number of ether oxygens (including phenoxy) is 2. The van der Waals surface area contributed by atoms with Crippen molar-refractivity contribution in [2.75, 3.05) is 14.2 Å². The molecule has 2 rings (SSSR count). The average molecular weight is 254 g/mol. The van der Waals surface area contributed by atoms with Crippen LogP contribution in [0.5, 0.6) is 0 Å². The molecule has 3 nitrogen and oxygen atoms in total. The van der Waals surface area contributed by atoms with Crippen molar-refractivity contribution in [3.05, 3.63) is 0 Å². The van der Waals surface area contributed by atoms with Crippen LogP contribution in [0.3, 0.4) is 0 Å². The van der Waals surface area contributed by atoms with E-state index >= 15 is 0 Å². The zero-order valence-corrected chi connectivity index (χ0v) is 11.7. The van der Waals surface area contributed by atoms with Crippen LogP contribution in [0.25, 0.3) is 0 Å². The number of carbonyl (C=O) groups excluding carboxylic acids is 1. The largest absolute Gasteiger partial charge is 0.381 e. The van der Waals surface area contributed by atoms with E-state index in [2.05, 4.69) is 0 Å². The van der Waals surface area contributed by atoms with Crippen LogP contribution < -0.4 is 0 Å². The average Bonchev–Trinajstić information content (AvgIpc) is 2.46. The third-order valence-electron chi connectivity index (χ3n) is 4.74. The van der Waals surface area contributed by atoms with Gasteiger partial charge in [0.05, 0.1) is 12.2 Å². The molecule has 0 radical (unpaired) electrons. The maximum atomic E-state index is 12.7. The second kappa shape index (κ2) is 6.67. The summed E-state index contributed by atoms with van der Waals surface area (Å²) in [5.41, 5.74) is 0. The lowest BCUT2D eigenvalue weighted by Gasteiger charge is -2.36. The maximum Gasteiger partial charge on any atom is 0.144 e. The number of ketones is 1. The predicted molar refractivity (Wildman–Crippen MR) is 70.5 cm³/mol. The van der Waals surface area contributed by atoms with Gasteiger partial charge in [-0.15, -0.1) is 0 Å². The Labute approximate surface area is 110 Å². The fourth-order valence-electron chi connectivity index (χ4n) is 3.68. The van der Waals surface area contributed by atoms with Gasteiger partial charge in [-0.2, -0.15) is 0 Å². The van der Waals surface area contributed by atoms with E-state index in [0.717, 1.165) is 25.7 Å². The minimum atomic E-state index is 0.115. The third kappa shape index (κ3) is 2.94. The third-order valence-corrected chi connectivity index (χ3v) is 4.74. The Balaban J connectivity index is 2.03. The van der Waals surface area contributed by atoms with Gasteiger partial charge in [-0.1, -0.05) is 25.7 Å². The number of rotatable bonds is 4. The molecule has 18 heavy (non-hydrogen) atoms. The minimum absolute atomic E-state index is 0.115. The number of hydrogen-bond donors (Lipinski definition) is 0. The van der Waals surface area contributed by atoms with Crippen molar-refractivity contribution in [2.45, 2.75) is 63.6 Å². The molecule has 0 aliphatic heterocycles. The van der Waals surface area contributed by atoms with Gasteiger partial charge in [-0.25, -0.2) is 0 Å². The predicted octanol–water partition coefficient (Wildman–Crippen LogP) is 2.97. The first-order valence-corrected chi connectivity index (χ1v) is 7.37. The SMILES string of the molecule is COC1CCCCC1C(=O)C1CCCCC1OC. The van der Waals surface area contributed by atoms with Crippen LogP contribution in [0.2, 0.25) is 0 Å². The van der Waals surface area contributed by atoms with E-state index in [-0.39, 0.29) is 24.0 Å². The van der Waals surface area contributed by atoms with Crippen molar-refractivity contribution in [3.63, 3.8) is 0 Å². The van der Waals surface area contributed by atoms with Crippen molar-refractivity contribution in [1.82, 2.24) is 0 Å². The van der Waals surface area contributed by atoms with E-state index in [1.54, 1.807) is 14.2 Å². The molecule has 3 heteroatoms.